The van der Waals surface area contributed by atoms with Gasteiger partial charge in [-0.25, -0.2) is 9.78 Å². The monoisotopic (exact) mass is 174 g/mol. The van der Waals surface area contributed by atoms with Crippen molar-refractivity contribution in [3.63, 3.8) is 0 Å². The maximum Gasteiger partial charge on any atom is 0.410 e. The van der Waals surface area contributed by atoms with Gasteiger partial charge < -0.3 is 10.2 Å². The molecular formula is C5H6N2O3S. The Kier molecular flexibility index (Phi) is 2.40. The number of carboxylic acid groups (broad SMARTS) is 1. The average Bonchev–Trinajstić information content (AvgIpc) is 2.34. The second-order valence-electron chi connectivity index (χ2n) is 1.73. The van der Waals surface area contributed by atoms with Crippen molar-refractivity contribution in [3.05, 3.63) is 11.1 Å². The Labute approximate surface area is 66.3 Å². The van der Waals surface area contributed by atoms with E-state index in [9.17, 15) is 4.79 Å². The van der Waals surface area contributed by atoms with E-state index in [1.54, 1.807) is 5.38 Å². The van der Waals surface area contributed by atoms with Gasteiger partial charge in [-0.05, 0) is 0 Å². The molecule has 1 rings (SSSR count). The lowest BCUT2D eigenvalue weighted by Gasteiger charge is -1.90. The first-order chi connectivity index (χ1) is 5.22. The van der Waals surface area contributed by atoms with Gasteiger partial charge in [-0.15, -0.1) is 11.3 Å². The fourth-order valence-corrected chi connectivity index (χ4v) is 1.22. The van der Waals surface area contributed by atoms with Crippen molar-refractivity contribution in [1.29, 1.82) is 0 Å². The number of carbonyl (C=O) groups is 1. The van der Waals surface area contributed by atoms with E-state index in [1.165, 1.54) is 0 Å². The molecule has 0 fully saturated rings. The van der Waals surface area contributed by atoms with Gasteiger partial charge in [0.1, 0.15) is 0 Å². The number of thiazole rings is 1. The van der Waals surface area contributed by atoms with Crippen LogP contribution in [0.2, 0.25) is 0 Å². The Morgan fingerprint density at radius 1 is 1.82 bits per heavy atom. The Morgan fingerprint density at radius 2 is 2.55 bits per heavy atom. The van der Waals surface area contributed by atoms with Crippen LogP contribution >= 0.6 is 11.3 Å². The van der Waals surface area contributed by atoms with Crippen LogP contribution in [0.15, 0.2) is 5.38 Å². The summed E-state index contributed by atoms with van der Waals surface area (Å²) < 4.78 is 0. The number of hydrogen-bond acceptors (Lipinski definition) is 4. The minimum Gasteiger partial charge on any atom is -0.465 e. The number of anilines is 1. The fourth-order valence-electron chi connectivity index (χ4n) is 0.528. The van der Waals surface area contributed by atoms with E-state index in [0.717, 1.165) is 11.3 Å². The normalized spacial score (nSPS) is 9.55. The van der Waals surface area contributed by atoms with Crippen LogP contribution in [0.5, 0.6) is 0 Å². The molecule has 0 radical (unpaired) electrons. The highest BCUT2D eigenvalue weighted by atomic mass is 32.1. The molecule has 0 saturated heterocycles. The third-order valence-electron chi connectivity index (χ3n) is 0.928. The molecule has 0 saturated carbocycles. The number of hydrogen-bond donors (Lipinski definition) is 3. The Balaban J connectivity index is 2.65. The van der Waals surface area contributed by atoms with E-state index in [4.69, 9.17) is 10.2 Å². The van der Waals surface area contributed by atoms with Crippen molar-refractivity contribution in [2.75, 3.05) is 5.32 Å². The third-order valence-corrected chi connectivity index (χ3v) is 1.73. The number of aliphatic hydroxyl groups excluding tert-OH is 1. The van der Waals surface area contributed by atoms with Gasteiger partial charge in [-0.3, -0.25) is 5.32 Å². The van der Waals surface area contributed by atoms with Gasteiger partial charge >= 0.3 is 6.09 Å². The molecule has 60 valence electrons. The summed E-state index contributed by atoms with van der Waals surface area (Å²) in [6.45, 7) is -0.169. The molecule has 0 aliphatic rings. The van der Waals surface area contributed by atoms with Gasteiger partial charge in [-0.2, -0.15) is 0 Å². The van der Waals surface area contributed by atoms with Crippen molar-refractivity contribution >= 4 is 22.6 Å². The molecule has 0 aromatic carbocycles. The first-order valence-electron chi connectivity index (χ1n) is 2.77. The summed E-state index contributed by atoms with van der Waals surface area (Å²) in [7, 11) is 0. The lowest BCUT2D eigenvalue weighted by molar-refractivity contribution is 0.209. The number of aliphatic hydroxyl groups is 1. The van der Waals surface area contributed by atoms with Crippen molar-refractivity contribution < 1.29 is 15.0 Å². The Morgan fingerprint density at radius 3 is 3.00 bits per heavy atom. The first kappa shape index (κ1) is 7.96. The molecule has 0 aliphatic carbocycles. The van der Waals surface area contributed by atoms with Gasteiger partial charge in [-0.1, -0.05) is 0 Å². The SMILES string of the molecule is O=C(O)Nc1nc(CO)cs1. The summed E-state index contributed by atoms with van der Waals surface area (Å²) in [6, 6.07) is 0. The van der Waals surface area contributed by atoms with Crippen LogP contribution in [0, 0.1) is 0 Å². The molecule has 0 spiro atoms. The first-order valence-corrected chi connectivity index (χ1v) is 3.65. The number of rotatable bonds is 2. The molecule has 5 nitrogen and oxygen atoms in total. The minimum atomic E-state index is -1.15. The highest BCUT2D eigenvalue weighted by Gasteiger charge is 2.02. The van der Waals surface area contributed by atoms with Crippen LogP contribution in [0.4, 0.5) is 9.93 Å². The molecule has 1 aromatic rings. The van der Waals surface area contributed by atoms with Crippen LogP contribution in [-0.4, -0.2) is 21.3 Å². The summed E-state index contributed by atoms with van der Waals surface area (Å²) in [5.74, 6) is 0. The smallest absolute Gasteiger partial charge is 0.410 e. The molecule has 0 bridgehead atoms. The summed E-state index contributed by atoms with van der Waals surface area (Å²) >= 11 is 1.14. The maximum absolute atomic E-state index is 10.1. The van der Waals surface area contributed by atoms with Crippen LogP contribution in [0.3, 0.4) is 0 Å². The van der Waals surface area contributed by atoms with Crippen LogP contribution in [0.25, 0.3) is 0 Å². The zero-order chi connectivity index (χ0) is 8.27. The second-order valence-corrected chi connectivity index (χ2v) is 2.59. The summed E-state index contributed by atoms with van der Waals surface area (Å²) in [6.07, 6.45) is -1.15. The quantitative estimate of drug-likeness (QED) is 0.617. The van der Waals surface area contributed by atoms with Crippen LogP contribution in [-0.2, 0) is 6.61 Å². The van der Waals surface area contributed by atoms with Crippen molar-refractivity contribution in [1.82, 2.24) is 4.98 Å². The summed E-state index contributed by atoms with van der Waals surface area (Å²) in [5.41, 5.74) is 0.471. The van der Waals surface area contributed by atoms with Gasteiger partial charge in [0, 0.05) is 5.38 Å². The predicted octanol–water partition coefficient (Wildman–Crippen LogP) is 0.725. The van der Waals surface area contributed by atoms with Crippen molar-refractivity contribution in [2.24, 2.45) is 0 Å². The standard InChI is InChI=1S/C5H6N2O3S/c8-1-3-2-11-4(6-3)7-5(9)10/h2,8H,1H2,(H,6,7)(H,9,10). The predicted molar refractivity (Wildman–Crippen MR) is 39.7 cm³/mol. The molecule has 0 aliphatic heterocycles. The van der Waals surface area contributed by atoms with E-state index < -0.39 is 6.09 Å². The van der Waals surface area contributed by atoms with Gasteiger partial charge in [0.2, 0.25) is 0 Å². The third kappa shape index (κ3) is 2.17. The number of aromatic nitrogens is 1. The van der Waals surface area contributed by atoms with E-state index in [-0.39, 0.29) is 11.7 Å². The lowest BCUT2D eigenvalue weighted by Crippen LogP contribution is -2.06. The van der Waals surface area contributed by atoms with Gasteiger partial charge in [0.15, 0.2) is 5.13 Å². The summed E-state index contributed by atoms with van der Waals surface area (Å²) in [4.78, 5) is 13.8. The molecule has 11 heavy (non-hydrogen) atoms. The van der Waals surface area contributed by atoms with Crippen molar-refractivity contribution in [2.45, 2.75) is 6.61 Å². The minimum absolute atomic E-state index is 0.169. The average molecular weight is 174 g/mol. The molecule has 0 unspecified atom stereocenters. The molecule has 3 N–H and O–H groups in total. The number of amides is 1. The fraction of sp³-hybridized carbons (Fsp3) is 0.200. The molecule has 0 atom stereocenters. The molecule has 6 heteroatoms. The Bertz CT molecular complexity index is 260. The van der Waals surface area contributed by atoms with Crippen molar-refractivity contribution in [3.8, 4) is 0 Å². The molecular weight excluding hydrogens is 168 g/mol. The van der Waals surface area contributed by atoms with E-state index in [0.29, 0.717) is 5.69 Å². The molecule has 1 amide bonds. The molecule has 1 heterocycles. The topological polar surface area (TPSA) is 82.5 Å². The Hall–Kier alpha value is -1.14. The van der Waals surface area contributed by atoms with Gasteiger partial charge in [0.25, 0.3) is 0 Å². The zero-order valence-corrected chi connectivity index (χ0v) is 6.26. The highest BCUT2D eigenvalue weighted by molar-refractivity contribution is 7.13. The highest BCUT2D eigenvalue weighted by Crippen LogP contribution is 2.14. The lowest BCUT2D eigenvalue weighted by atomic mass is 10.5. The van der Waals surface area contributed by atoms with Gasteiger partial charge in [0.05, 0.1) is 12.3 Å². The number of nitrogens with zero attached hydrogens (tertiary/aromatic N) is 1. The largest absolute Gasteiger partial charge is 0.465 e. The second kappa shape index (κ2) is 3.31. The van der Waals surface area contributed by atoms with Crippen LogP contribution < -0.4 is 5.32 Å². The van der Waals surface area contributed by atoms with E-state index >= 15 is 0 Å². The van der Waals surface area contributed by atoms with E-state index in [2.05, 4.69) is 10.3 Å². The van der Waals surface area contributed by atoms with E-state index in [1.807, 2.05) is 0 Å². The zero-order valence-electron chi connectivity index (χ0n) is 5.44. The molecule has 1 aromatic heterocycles. The summed E-state index contributed by atoms with van der Waals surface area (Å²) in [5, 5.41) is 20.7. The number of nitrogens with one attached hydrogen (secondary N) is 1. The maximum atomic E-state index is 10.1. The van der Waals surface area contributed by atoms with Crippen LogP contribution in [0.1, 0.15) is 5.69 Å².